The van der Waals surface area contributed by atoms with E-state index in [4.69, 9.17) is 4.98 Å². The van der Waals surface area contributed by atoms with Crippen molar-refractivity contribution in [3.05, 3.63) is 46.0 Å². The van der Waals surface area contributed by atoms with E-state index in [-0.39, 0.29) is 17.5 Å². The van der Waals surface area contributed by atoms with E-state index in [0.717, 1.165) is 29.9 Å². The first-order chi connectivity index (χ1) is 13.4. The van der Waals surface area contributed by atoms with Gasteiger partial charge in [0.15, 0.2) is 5.16 Å². The highest BCUT2D eigenvalue weighted by Gasteiger charge is 2.30. The van der Waals surface area contributed by atoms with E-state index in [9.17, 15) is 9.59 Å². The van der Waals surface area contributed by atoms with Crippen LogP contribution in [0.25, 0.3) is 10.9 Å². The lowest BCUT2D eigenvalue weighted by atomic mass is 10.2. The van der Waals surface area contributed by atoms with Gasteiger partial charge in [0.2, 0.25) is 5.91 Å². The zero-order valence-electron chi connectivity index (χ0n) is 16.4. The molecule has 28 heavy (non-hydrogen) atoms. The highest BCUT2D eigenvalue weighted by molar-refractivity contribution is 8.00. The number of rotatable bonds is 5. The van der Waals surface area contributed by atoms with Crippen molar-refractivity contribution in [3.63, 3.8) is 0 Å². The number of anilines is 1. The van der Waals surface area contributed by atoms with Crippen LogP contribution < -0.4 is 10.9 Å². The second-order valence-electron chi connectivity index (χ2n) is 7.24. The van der Waals surface area contributed by atoms with Crippen LogP contribution >= 0.6 is 11.8 Å². The summed E-state index contributed by atoms with van der Waals surface area (Å²) >= 11 is 1.33. The summed E-state index contributed by atoms with van der Waals surface area (Å²) in [6.45, 7) is 5.62. The highest BCUT2D eigenvalue weighted by atomic mass is 32.2. The monoisotopic (exact) mass is 397 g/mol. The van der Waals surface area contributed by atoms with E-state index < -0.39 is 5.25 Å². The third-order valence-corrected chi connectivity index (χ3v) is 6.16. The molecule has 2 aromatic heterocycles. The molecule has 7 nitrogen and oxygen atoms in total. The average Bonchev–Trinajstić information content (AvgIpc) is 3.46. The molecule has 1 atom stereocenters. The Balaban J connectivity index is 1.63. The van der Waals surface area contributed by atoms with Crippen molar-refractivity contribution >= 4 is 34.3 Å². The molecule has 146 valence electrons. The molecule has 1 amide bonds. The molecule has 1 unspecified atom stereocenters. The minimum Gasteiger partial charge on any atom is -0.322 e. The number of aryl methyl sites for hydroxylation is 2. The maximum atomic E-state index is 13.0. The van der Waals surface area contributed by atoms with Crippen molar-refractivity contribution in [3.8, 4) is 0 Å². The number of fused-ring (bicyclic) bond motifs is 1. The lowest BCUT2D eigenvalue weighted by Crippen LogP contribution is -2.27. The summed E-state index contributed by atoms with van der Waals surface area (Å²) in [7, 11) is 1.85. The standard InChI is InChI=1S/C20H23N5O2S/c1-11-17(12(2)24(4)23-11)22-18(26)13(3)28-20-21-16-8-6-5-7-15(16)19(27)25(20)14-9-10-14/h5-8,13-14H,9-10H2,1-4H3,(H,22,26). The van der Waals surface area contributed by atoms with Gasteiger partial charge in [-0.1, -0.05) is 23.9 Å². The third-order valence-electron chi connectivity index (χ3n) is 5.10. The van der Waals surface area contributed by atoms with Crippen LogP contribution in [0.15, 0.2) is 34.2 Å². The molecule has 0 aliphatic heterocycles. The van der Waals surface area contributed by atoms with Gasteiger partial charge >= 0.3 is 0 Å². The summed E-state index contributed by atoms with van der Waals surface area (Å²) in [4.78, 5) is 30.5. The molecular weight excluding hydrogens is 374 g/mol. The summed E-state index contributed by atoms with van der Waals surface area (Å²) in [6, 6.07) is 7.55. The van der Waals surface area contributed by atoms with Crippen LogP contribution in [-0.4, -0.2) is 30.5 Å². The topological polar surface area (TPSA) is 81.8 Å². The van der Waals surface area contributed by atoms with Crippen molar-refractivity contribution in [1.82, 2.24) is 19.3 Å². The molecule has 0 spiro atoms. The number of benzene rings is 1. The lowest BCUT2D eigenvalue weighted by molar-refractivity contribution is -0.115. The fraction of sp³-hybridized carbons (Fsp3) is 0.400. The Bertz CT molecular complexity index is 1130. The molecule has 0 bridgehead atoms. The molecule has 0 saturated heterocycles. The van der Waals surface area contributed by atoms with Crippen LogP contribution in [-0.2, 0) is 11.8 Å². The largest absolute Gasteiger partial charge is 0.322 e. The smallest absolute Gasteiger partial charge is 0.262 e. The first-order valence-electron chi connectivity index (χ1n) is 9.36. The van der Waals surface area contributed by atoms with E-state index in [1.165, 1.54) is 11.8 Å². The van der Waals surface area contributed by atoms with Gasteiger partial charge in [-0.3, -0.25) is 18.8 Å². The maximum Gasteiger partial charge on any atom is 0.262 e. The Morgan fingerprint density at radius 3 is 2.64 bits per heavy atom. The fourth-order valence-corrected chi connectivity index (χ4v) is 4.23. The number of para-hydroxylation sites is 1. The van der Waals surface area contributed by atoms with Gasteiger partial charge in [-0.05, 0) is 45.7 Å². The summed E-state index contributed by atoms with van der Waals surface area (Å²) in [6.07, 6.45) is 1.95. The Morgan fingerprint density at radius 2 is 2.00 bits per heavy atom. The molecule has 3 aromatic rings. The van der Waals surface area contributed by atoms with Crippen molar-refractivity contribution in [2.45, 2.75) is 50.1 Å². The predicted octanol–water partition coefficient (Wildman–Crippen LogP) is 3.20. The zero-order chi connectivity index (χ0) is 20.0. The summed E-state index contributed by atoms with van der Waals surface area (Å²) < 4.78 is 3.51. The van der Waals surface area contributed by atoms with Crippen molar-refractivity contribution in [2.75, 3.05) is 5.32 Å². The Morgan fingerprint density at radius 1 is 1.29 bits per heavy atom. The van der Waals surface area contributed by atoms with E-state index in [1.54, 1.807) is 9.25 Å². The average molecular weight is 398 g/mol. The van der Waals surface area contributed by atoms with Crippen molar-refractivity contribution in [2.24, 2.45) is 7.05 Å². The second kappa shape index (κ2) is 7.09. The predicted molar refractivity (Wildman–Crippen MR) is 111 cm³/mol. The number of carbonyl (C=O) groups excluding carboxylic acids is 1. The second-order valence-corrected chi connectivity index (χ2v) is 8.54. The number of nitrogens with one attached hydrogen (secondary N) is 1. The number of hydrogen-bond acceptors (Lipinski definition) is 5. The SMILES string of the molecule is Cc1nn(C)c(C)c1NC(=O)C(C)Sc1nc2ccccc2c(=O)n1C1CC1. The van der Waals surface area contributed by atoms with Gasteiger partial charge in [0.05, 0.1) is 33.2 Å². The van der Waals surface area contributed by atoms with Crippen LogP contribution in [0.4, 0.5) is 5.69 Å². The number of aromatic nitrogens is 4. The van der Waals surface area contributed by atoms with Crippen LogP contribution in [0.2, 0.25) is 0 Å². The minimum atomic E-state index is -0.405. The molecule has 1 aliphatic carbocycles. The van der Waals surface area contributed by atoms with E-state index in [2.05, 4.69) is 10.4 Å². The van der Waals surface area contributed by atoms with E-state index >= 15 is 0 Å². The molecular formula is C20H23N5O2S. The van der Waals surface area contributed by atoms with Gasteiger partial charge in [-0.25, -0.2) is 4.98 Å². The molecule has 8 heteroatoms. The molecule has 1 aromatic carbocycles. The number of carbonyl (C=O) groups is 1. The van der Waals surface area contributed by atoms with Gasteiger partial charge in [-0.15, -0.1) is 0 Å². The van der Waals surface area contributed by atoms with Crippen LogP contribution in [0, 0.1) is 13.8 Å². The van der Waals surface area contributed by atoms with E-state index in [0.29, 0.717) is 16.1 Å². The van der Waals surface area contributed by atoms with Gasteiger partial charge in [0.1, 0.15) is 0 Å². The number of thioether (sulfide) groups is 1. The van der Waals surface area contributed by atoms with Crippen molar-refractivity contribution < 1.29 is 4.79 Å². The first kappa shape index (κ1) is 18.7. The highest BCUT2D eigenvalue weighted by Crippen LogP contribution is 2.37. The number of amides is 1. The number of nitrogens with zero attached hydrogens (tertiary/aromatic N) is 4. The Hall–Kier alpha value is -2.61. The minimum absolute atomic E-state index is 0.0258. The van der Waals surface area contributed by atoms with Crippen LogP contribution in [0.3, 0.4) is 0 Å². The zero-order valence-corrected chi connectivity index (χ0v) is 17.2. The molecule has 0 radical (unpaired) electrons. The van der Waals surface area contributed by atoms with Gasteiger partial charge in [-0.2, -0.15) is 5.10 Å². The van der Waals surface area contributed by atoms with Crippen LogP contribution in [0.1, 0.15) is 37.2 Å². The number of hydrogen-bond donors (Lipinski definition) is 1. The molecule has 1 aliphatic rings. The van der Waals surface area contributed by atoms with Gasteiger partial charge in [0, 0.05) is 13.1 Å². The Labute approximate surface area is 167 Å². The fourth-order valence-electron chi connectivity index (χ4n) is 3.25. The van der Waals surface area contributed by atoms with Gasteiger partial charge in [0.25, 0.3) is 5.56 Å². The van der Waals surface area contributed by atoms with E-state index in [1.807, 2.05) is 52.1 Å². The lowest BCUT2D eigenvalue weighted by Gasteiger charge is -2.16. The van der Waals surface area contributed by atoms with Crippen LogP contribution in [0.5, 0.6) is 0 Å². The van der Waals surface area contributed by atoms with Gasteiger partial charge < -0.3 is 5.32 Å². The normalized spacial score (nSPS) is 15.0. The maximum absolute atomic E-state index is 13.0. The Kier molecular flexibility index (Phi) is 4.74. The molecule has 1 fully saturated rings. The summed E-state index contributed by atoms with van der Waals surface area (Å²) in [5.74, 6) is -0.131. The third kappa shape index (κ3) is 3.32. The molecule has 1 N–H and O–H groups in total. The molecule has 2 heterocycles. The first-order valence-corrected chi connectivity index (χ1v) is 10.2. The summed E-state index contributed by atoms with van der Waals surface area (Å²) in [5.41, 5.74) is 3.07. The quantitative estimate of drug-likeness (QED) is 0.528. The molecule has 1 saturated carbocycles. The van der Waals surface area contributed by atoms with Crippen molar-refractivity contribution in [1.29, 1.82) is 0 Å². The molecule has 4 rings (SSSR count). The summed E-state index contributed by atoms with van der Waals surface area (Å²) in [5, 5.41) is 8.14.